The van der Waals surface area contributed by atoms with Crippen molar-refractivity contribution in [1.82, 2.24) is 9.80 Å². The minimum Gasteiger partial charge on any atom is -0.483 e. The molecule has 0 radical (unpaired) electrons. The number of hydrogen-bond donors (Lipinski definition) is 1. The van der Waals surface area contributed by atoms with Gasteiger partial charge >= 0.3 is 0 Å². The molecular formula is C14H20ClN3O2. The van der Waals surface area contributed by atoms with Crippen molar-refractivity contribution in [3.05, 3.63) is 28.8 Å². The number of hydrogen-bond acceptors (Lipinski definition) is 4. The molecule has 0 atom stereocenters. The van der Waals surface area contributed by atoms with Gasteiger partial charge in [0.05, 0.1) is 0 Å². The van der Waals surface area contributed by atoms with Crippen LogP contribution in [0.15, 0.2) is 18.2 Å². The smallest absolute Gasteiger partial charge is 0.260 e. The normalized spacial score (nSPS) is 16.2. The van der Waals surface area contributed by atoms with Gasteiger partial charge in [-0.3, -0.25) is 4.79 Å². The molecule has 6 heteroatoms. The quantitative estimate of drug-likeness (QED) is 0.899. The minimum absolute atomic E-state index is 0.0102. The Kier molecular flexibility index (Phi) is 5.23. The van der Waals surface area contributed by atoms with Crippen LogP contribution in [0.2, 0.25) is 5.02 Å². The first kappa shape index (κ1) is 15.1. The minimum atomic E-state index is 0.0102. The van der Waals surface area contributed by atoms with Crippen LogP contribution in [0.5, 0.6) is 5.75 Å². The summed E-state index contributed by atoms with van der Waals surface area (Å²) in [6.07, 6.45) is 0. The average molecular weight is 298 g/mol. The Labute approximate surface area is 124 Å². The van der Waals surface area contributed by atoms with Gasteiger partial charge in [0.25, 0.3) is 5.91 Å². The van der Waals surface area contributed by atoms with Gasteiger partial charge in [0.2, 0.25) is 0 Å². The van der Waals surface area contributed by atoms with Crippen LogP contribution in [0.1, 0.15) is 5.56 Å². The van der Waals surface area contributed by atoms with E-state index >= 15 is 0 Å². The van der Waals surface area contributed by atoms with Gasteiger partial charge < -0.3 is 20.3 Å². The third-order valence-corrected chi connectivity index (χ3v) is 3.68. The fraction of sp³-hybridized carbons (Fsp3) is 0.500. The van der Waals surface area contributed by atoms with Gasteiger partial charge in [-0.15, -0.1) is 0 Å². The summed E-state index contributed by atoms with van der Waals surface area (Å²) in [4.78, 5) is 16.1. The van der Waals surface area contributed by atoms with Crippen molar-refractivity contribution in [1.29, 1.82) is 0 Å². The Morgan fingerprint density at radius 3 is 2.70 bits per heavy atom. The lowest BCUT2D eigenvalue weighted by molar-refractivity contribution is -0.134. The van der Waals surface area contributed by atoms with Crippen molar-refractivity contribution < 1.29 is 9.53 Å². The molecule has 0 aliphatic carbocycles. The molecule has 20 heavy (non-hydrogen) atoms. The van der Waals surface area contributed by atoms with Gasteiger partial charge in [0.1, 0.15) is 5.75 Å². The highest BCUT2D eigenvalue weighted by Crippen LogP contribution is 2.22. The largest absolute Gasteiger partial charge is 0.483 e. The van der Waals surface area contributed by atoms with Crippen LogP contribution in [0, 0.1) is 0 Å². The highest BCUT2D eigenvalue weighted by molar-refractivity contribution is 6.30. The number of halogens is 1. The third-order valence-electron chi connectivity index (χ3n) is 3.45. The van der Waals surface area contributed by atoms with Crippen LogP contribution < -0.4 is 10.5 Å². The molecule has 1 aromatic rings. The van der Waals surface area contributed by atoms with E-state index < -0.39 is 0 Å². The monoisotopic (exact) mass is 297 g/mol. The van der Waals surface area contributed by atoms with E-state index in [1.807, 2.05) is 4.90 Å². The molecule has 5 nitrogen and oxygen atoms in total. The summed E-state index contributed by atoms with van der Waals surface area (Å²) in [7, 11) is 2.06. The number of nitrogens with two attached hydrogens (primary N) is 1. The maximum absolute atomic E-state index is 12.1. The molecule has 0 bridgehead atoms. The molecule has 0 unspecified atom stereocenters. The predicted molar refractivity (Wildman–Crippen MR) is 78.9 cm³/mol. The Morgan fingerprint density at radius 2 is 2.05 bits per heavy atom. The molecule has 0 aromatic heterocycles. The highest BCUT2D eigenvalue weighted by Gasteiger charge is 2.19. The van der Waals surface area contributed by atoms with Crippen molar-refractivity contribution >= 4 is 17.5 Å². The van der Waals surface area contributed by atoms with E-state index in [9.17, 15) is 4.79 Å². The van der Waals surface area contributed by atoms with Crippen molar-refractivity contribution in [2.24, 2.45) is 5.73 Å². The molecule has 2 rings (SSSR count). The highest BCUT2D eigenvalue weighted by atomic mass is 35.5. The molecule has 1 aliphatic heterocycles. The lowest BCUT2D eigenvalue weighted by Gasteiger charge is -2.32. The second-order valence-electron chi connectivity index (χ2n) is 4.93. The van der Waals surface area contributed by atoms with Crippen LogP contribution >= 0.6 is 11.6 Å². The summed E-state index contributed by atoms with van der Waals surface area (Å²) in [6.45, 7) is 3.69. The van der Waals surface area contributed by atoms with E-state index in [2.05, 4.69) is 11.9 Å². The lowest BCUT2D eigenvalue weighted by Crippen LogP contribution is -2.48. The standard InChI is InChI=1S/C14H20ClN3O2/c1-17-4-6-18(7-5-17)14(19)10-20-13-3-2-12(15)8-11(13)9-16/h2-3,8H,4-7,9-10,16H2,1H3. The van der Waals surface area contributed by atoms with E-state index in [1.165, 1.54) is 0 Å². The van der Waals surface area contributed by atoms with E-state index in [0.29, 0.717) is 17.3 Å². The molecule has 0 spiro atoms. The summed E-state index contributed by atoms with van der Waals surface area (Å²) in [6, 6.07) is 5.25. The Morgan fingerprint density at radius 1 is 1.35 bits per heavy atom. The first-order valence-corrected chi connectivity index (χ1v) is 7.05. The molecule has 0 saturated carbocycles. The van der Waals surface area contributed by atoms with Gasteiger partial charge in [-0.05, 0) is 25.2 Å². The van der Waals surface area contributed by atoms with E-state index in [1.54, 1.807) is 18.2 Å². The van der Waals surface area contributed by atoms with Crippen LogP contribution in [0.25, 0.3) is 0 Å². The zero-order chi connectivity index (χ0) is 14.5. The maximum atomic E-state index is 12.1. The van der Waals surface area contributed by atoms with Crippen LogP contribution in [-0.2, 0) is 11.3 Å². The first-order chi connectivity index (χ1) is 9.60. The number of carbonyl (C=O) groups is 1. The second-order valence-corrected chi connectivity index (χ2v) is 5.37. The predicted octanol–water partition coefficient (Wildman–Crippen LogP) is 0.951. The average Bonchev–Trinajstić information content (AvgIpc) is 2.46. The number of likely N-dealkylation sites (N-methyl/N-ethyl adjacent to an activating group) is 1. The number of amides is 1. The second kappa shape index (κ2) is 6.92. The molecule has 110 valence electrons. The summed E-state index contributed by atoms with van der Waals surface area (Å²) in [5.74, 6) is 0.635. The first-order valence-electron chi connectivity index (χ1n) is 6.68. The van der Waals surface area contributed by atoms with Crippen molar-refractivity contribution in [2.45, 2.75) is 6.54 Å². The van der Waals surface area contributed by atoms with Crippen LogP contribution in [0.3, 0.4) is 0 Å². The van der Waals surface area contributed by atoms with Crippen molar-refractivity contribution in [2.75, 3.05) is 39.8 Å². The van der Waals surface area contributed by atoms with Crippen molar-refractivity contribution in [3.8, 4) is 5.75 Å². The number of rotatable bonds is 4. The molecular weight excluding hydrogens is 278 g/mol. The molecule has 1 aliphatic rings. The molecule has 1 heterocycles. The van der Waals surface area contributed by atoms with E-state index in [-0.39, 0.29) is 12.5 Å². The zero-order valence-corrected chi connectivity index (χ0v) is 12.4. The number of benzene rings is 1. The third kappa shape index (κ3) is 3.85. The van der Waals surface area contributed by atoms with Crippen LogP contribution in [-0.4, -0.2) is 55.5 Å². The van der Waals surface area contributed by atoms with Gasteiger partial charge in [-0.2, -0.15) is 0 Å². The Hall–Kier alpha value is -1.30. The molecule has 1 aromatic carbocycles. The van der Waals surface area contributed by atoms with Crippen LogP contribution in [0.4, 0.5) is 0 Å². The summed E-state index contributed by atoms with van der Waals surface area (Å²) in [5.41, 5.74) is 6.45. The SMILES string of the molecule is CN1CCN(C(=O)COc2ccc(Cl)cc2CN)CC1. The Balaban J connectivity index is 1.90. The van der Waals surface area contributed by atoms with Gasteiger partial charge in [-0.25, -0.2) is 0 Å². The number of carbonyl (C=O) groups excluding carboxylic acids is 1. The lowest BCUT2D eigenvalue weighted by atomic mass is 10.2. The van der Waals surface area contributed by atoms with Gasteiger partial charge in [0, 0.05) is 43.3 Å². The molecule has 1 fully saturated rings. The van der Waals surface area contributed by atoms with Gasteiger partial charge in [0.15, 0.2) is 6.61 Å². The van der Waals surface area contributed by atoms with E-state index in [0.717, 1.165) is 31.7 Å². The maximum Gasteiger partial charge on any atom is 0.260 e. The summed E-state index contributed by atoms with van der Waals surface area (Å²) < 4.78 is 5.58. The number of piperazine rings is 1. The fourth-order valence-electron chi connectivity index (χ4n) is 2.13. The van der Waals surface area contributed by atoms with E-state index in [4.69, 9.17) is 22.1 Å². The summed E-state index contributed by atoms with van der Waals surface area (Å²) >= 11 is 5.90. The Bertz CT molecular complexity index is 473. The summed E-state index contributed by atoms with van der Waals surface area (Å²) in [5, 5.41) is 0.614. The molecule has 1 saturated heterocycles. The molecule has 2 N–H and O–H groups in total. The van der Waals surface area contributed by atoms with Crippen molar-refractivity contribution in [3.63, 3.8) is 0 Å². The topological polar surface area (TPSA) is 58.8 Å². The zero-order valence-electron chi connectivity index (χ0n) is 11.6. The van der Waals surface area contributed by atoms with Gasteiger partial charge in [-0.1, -0.05) is 11.6 Å². The fourth-order valence-corrected chi connectivity index (χ4v) is 2.33. The number of ether oxygens (including phenoxy) is 1. The number of nitrogens with zero attached hydrogens (tertiary/aromatic N) is 2. The molecule has 1 amide bonds.